The Morgan fingerprint density at radius 3 is 2.74 bits per heavy atom. The SMILES string of the molecule is CSc1cccc(-c2nnc(NC(=O)Cc3ccccc3)o2)c1. The highest BCUT2D eigenvalue weighted by Crippen LogP contribution is 2.24. The van der Waals surface area contributed by atoms with Gasteiger partial charge in [0.05, 0.1) is 6.42 Å². The highest BCUT2D eigenvalue weighted by molar-refractivity contribution is 7.98. The average Bonchev–Trinajstić information content (AvgIpc) is 3.04. The summed E-state index contributed by atoms with van der Waals surface area (Å²) in [7, 11) is 0. The van der Waals surface area contributed by atoms with Crippen LogP contribution in [0.4, 0.5) is 6.01 Å². The first-order chi connectivity index (χ1) is 11.2. The number of anilines is 1. The second kappa shape index (κ2) is 7.11. The van der Waals surface area contributed by atoms with E-state index >= 15 is 0 Å². The Morgan fingerprint density at radius 2 is 1.96 bits per heavy atom. The Bertz CT molecular complexity index is 802. The van der Waals surface area contributed by atoms with Gasteiger partial charge in [-0.15, -0.1) is 16.9 Å². The Balaban J connectivity index is 1.68. The van der Waals surface area contributed by atoms with Gasteiger partial charge in [-0.2, -0.15) is 0 Å². The van der Waals surface area contributed by atoms with Crippen LogP contribution in [0.3, 0.4) is 0 Å². The number of carbonyl (C=O) groups excluding carboxylic acids is 1. The number of thioether (sulfide) groups is 1. The molecule has 0 aliphatic rings. The van der Waals surface area contributed by atoms with Crippen molar-refractivity contribution in [3.63, 3.8) is 0 Å². The van der Waals surface area contributed by atoms with Crippen molar-refractivity contribution in [1.82, 2.24) is 10.2 Å². The molecule has 2 aromatic carbocycles. The van der Waals surface area contributed by atoms with E-state index in [0.717, 1.165) is 16.0 Å². The van der Waals surface area contributed by atoms with Gasteiger partial charge >= 0.3 is 6.01 Å². The Kier molecular flexibility index (Phi) is 4.73. The van der Waals surface area contributed by atoms with E-state index in [1.54, 1.807) is 11.8 Å². The van der Waals surface area contributed by atoms with Crippen LogP contribution < -0.4 is 5.32 Å². The normalized spacial score (nSPS) is 10.5. The molecule has 1 amide bonds. The molecule has 0 saturated heterocycles. The van der Waals surface area contributed by atoms with Crippen molar-refractivity contribution in [1.29, 1.82) is 0 Å². The van der Waals surface area contributed by atoms with Gasteiger partial charge in [0.15, 0.2) is 0 Å². The summed E-state index contributed by atoms with van der Waals surface area (Å²) in [5.74, 6) is 0.195. The molecule has 0 aliphatic heterocycles. The molecule has 0 atom stereocenters. The molecule has 0 unspecified atom stereocenters. The summed E-state index contributed by atoms with van der Waals surface area (Å²) in [5.41, 5.74) is 1.75. The van der Waals surface area contributed by atoms with E-state index in [2.05, 4.69) is 15.5 Å². The number of aromatic nitrogens is 2. The molecule has 0 aliphatic carbocycles. The molecule has 0 bridgehead atoms. The molecule has 3 rings (SSSR count). The van der Waals surface area contributed by atoms with E-state index < -0.39 is 0 Å². The fourth-order valence-electron chi connectivity index (χ4n) is 2.09. The van der Waals surface area contributed by atoms with Crippen molar-refractivity contribution in [3.05, 3.63) is 60.2 Å². The largest absolute Gasteiger partial charge is 0.403 e. The summed E-state index contributed by atoms with van der Waals surface area (Å²) >= 11 is 1.64. The number of nitrogens with one attached hydrogen (secondary N) is 1. The average molecular weight is 325 g/mol. The van der Waals surface area contributed by atoms with Crippen molar-refractivity contribution in [3.8, 4) is 11.5 Å². The lowest BCUT2D eigenvalue weighted by atomic mass is 10.1. The standard InChI is InChI=1S/C17H15N3O2S/c1-23-14-9-5-8-13(11-14)16-19-20-17(22-16)18-15(21)10-12-6-3-2-4-7-12/h2-9,11H,10H2,1H3,(H,18,20,21). The number of benzene rings is 2. The number of amides is 1. The minimum absolute atomic E-state index is 0.107. The molecule has 1 heterocycles. The quantitative estimate of drug-likeness (QED) is 0.725. The van der Waals surface area contributed by atoms with Gasteiger partial charge in [-0.1, -0.05) is 41.5 Å². The van der Waals surface area contributed by atoms with E-state index in [0.29, 0.717) is 5.89 Å². The first kappa shape index (κ1) is 15.3. The maximum atomic E-state index is 12.0. The van der Waals surface area contributed by atoms with Gasteiger partial charge in [0.2, 0.25) is 11.8 Å². The van der Waals surface area contributed by atoms with Crippen LogP contribution in [0.1, 0.15) is 5.56 Å². The zero-order valence-corrected chi connectivity index (χ0v) is 13.3. The van der Waals surface area contributed by atoms with Crippen molar-refractivity contribution < 1.29 is 9.21 Å². The summed E-state index contributed by atoms with van der Waals surface area (Å²) in [6, 6.07) is 17.4. The predicted molar refractivity (Wildman–Crippen MR) is 90.3 cm³/mol. The minimum atomic E-state index is -0.190. The van der Waals surface area contributed by atoms with Crippen LogP contribution in [0, 0.1) is 0 Å². The van der Waals surface area contributed by atoms with Crippen molar-refractivity contribution in [2.24, 2.45) is 0 Å². The molecular formula is C17H15N3O2S. The molecule has 1 aromatic heterocycles. The van der Waals surface area contributed by atoms with Crippen molar-refractivity contribution in [2.75, 3.05) is 11.6 Å². The molecule has 3 aromatic rings. The summed E-state index contributed by atoms with van der Waals surface area (Å²) in [5, 5.41) is 10.5. The third-order valence-corrected chi connectivity index (χ3v) is 3.92. The highest BCUT2D eigenvalue weighted by Gasteiger charge is 2.12. The first-order valence-corrected chi connectivity index (χ1v) is 8.29. The highest BCUT2D eigenvalue weighted by atomic mass is 32.2. The minimum Gasteiger partial charge on any atom is -0.403 e. The van der Waals surface area contributed by atoms with Gasteiger partial charge < -0.3 is 4.42 Å². The van der Waals surface area contributed by atoms with Gasteiger partial charge in [0.1, 0.15) is 0 Å². The lowest BCUT2D eigenvalue weighted by Gasteiger charge is -2.01. The molecule has 116 valence electrons. The summed E-state index contributed by atoms with van der Waals surface area (Å²) in [6.45, 7) is 0. The van der Waals surface area contributed by atoms with Gasteiger partial charge in [-0.05, 0) is 30.0 Å². The second-order valence-electron chi connectivity index (χ2n) is 4.85. The molecular weight excluding hydrogens is 310 g/mol. The molecule has 0 saturated carbocycles. The number of hydrogen-bond acceptors (Lipinski definition) is 5. The molecule has 0 fully saturated rings. The molecule has 0 spiro atoms. The zero-order chi connectivity index (χ0) is 16.1. The fourth-order valence-corrected chi connectivity index (χ4v) is 2.55. The number of carbonyl (C=O) groups is 1. The topological polar surface area (TPSA) is 68.0 Å². The van der Waals surface area contributed by atoms with Crippen LogP contribution in [0.2, 0.25) is 0 Å². The van der Waals surface area contributed by atoms with Gasteiger partial charge in [-0.3, -0.25) is 10.1 Å². The van der Waals surface area contributed by atoms with Gasteiger partial charge in [-0.25, -0.2) is 0 Å². The van der Waals surface area contributed by atoms with Crippen LogP contribution in [-0.2, 0) is 11.2 Å². The molecule has 5 nitrogen and oxygen atoms in total. The Hall–Kier alpha value is -2.60. The fraction of sp³-hybridized carbons (Fsp3) is 0.118. The van der Waals surface area contributed by atoms with Crippen LogP contribution in [0.25, 0.3) is 11.5 Å². The van der Waals surface area contributed by atoms with Gasteiger partial charge in [0.25, 0.3) is 0 Å². The molecule has 0 radical (unpaired) electrons. The van der Waals surface area contributed by atoms with Crippen molar-refractivity contribution in [2.45, 2.75) is 11.3 Å². The third-order valence-electron chi connectivity index (χ3n) is 3.20. The van der Waals surface area contributed by atoms with Crippen LogP contribution >= 0.6 is 11.8 Å². The van der Waals surface area contributed by atoms with Crippen LogP contribution in [0.5, 0.6) is 0 Å². The lowest BCUT2D eigenvalue weighted by molar-refractivity contribution is -0.115. The smallest absolute Gasteiger partial charge is 0.322 e. The molecule has 6 heteroatoms. The van der Waals surface area contributed by atoms with Crippen LogP contribution in [0.15, 0.2) is 63.9 Å². The predicted octanol–water partition coefficient (Wildman–Crippen LogP) is 3.64. The maximum absolute atomic E-state index is 12.0. The third kappa shape index (κ3) is 3.98. The van der Waals surface area contributed by atoms with E-state index in [-0.39, 0.29) is 18.3 Å². The first-order valence-electron chi connectivity index (χ1n) is 7.06. The van der Waals surface area contributed by atoms with E-state index in [1.807, 2.05) is 60.9 Å². The lowest BCUT2D eigenvalue weighted by Crippen LogP contribution is -2.14. The number of hydrogen-bond donors (Lipinski definition) is 1. The number of nitrogens with zero attached hydrogens (tertiary/aromatic N) is 2. The molecule has 1 N–H and O–H groups in total. The zero-order valence-electron chi connectivity index (χ0n) is 12.5. The van der Waals surface area contributed by atoms with E-state index in [1.165, 1.54) is 0 Å². The van der Waals surface area contributed by atoms with Gasteiger partial charge in [0, 0.05) is 10.5 Å². The van der Waals surface area contributed by atoms with E-state index in [4.69, 9.17) is 4.42 Å². The summed E-state index contributed by atoms with van der Waals surface area (Å²) in [6.07, 6.45) is 2.27. The summed E-state index contributed by atoms with van der Waals surface area (Å²) in [4.78, 5) is 13.1. The second-order valence-corrected chi connectivity index (χ2v) is 5.73. The molecule has 23 heavy (non-hydrogen) atoms. The Labute approximate surface area is 138 Å². The Morgan fingerprint density at radius 1 is 1.13 bits per heavy atom. The van der Waals surface area contributed by atoms with E-state index in [9.17, 15) is 4.79 Å². The van der Waals surface area contributed by atoms with Crippen LogP contribution in [-0.4, -0.2) is 22.4 Å². The maximum Gasteiger partial charge on any atom is 0.322 e. The number of rotatable bonds is 5. The van der Waals surface area contributed by atoms with Crippen molar-refractivity contribution >= 4 is 23.7 Å². The summed E-state index contributed by atoms with van der Waals surface area (Å²) < 4.78 is 5.51. The monoisotopic (exact) mass is 325 g/mol.